The molecule has 98 valence electrons. The van der Waals surface area contributed by atoms with E-state index >= 15 is 0 Å². The van der Waals surface area contributed by atoms with Crippen LogP contribution in [-0.2, 0) is 6.54 Å². The average Bonchev–Trinajstić information content (AvgIpc) is 2.83. The smallest absolute Gasteiger partial charge is 0.123 e. The Bertz CT molecular complexity index is 598. The number of nitrogens with one attached hydrogen (secondary N) is 1. The molecule has 19 heavy (non-hydrogen) atoms. The summed E-state index contributed by atoms with van der Waals surface area (Å²) in [5, 5.41) is 12.6. The quantitative estimate of drug-likeness (QED) is 0.829. The molecule has 1 aromatic heterocycles. The molecular weight excluding hydrogens is 256 g/mol. The summed E-state index contributed by atoms with van der Waals surface area (Å²) in [5.41, 5.74) is 1.56. The third-order valence-electron chi connectivity index (χ3n) is 2.69. The van der Waals surface area contributed by atoms with E-state index in [-0.39, 0.29) is 0 Å². The van der Waals surface area contributed by atoms with Gasteiger partial charge in [0.25, 0.3) is 0 Å². The highest BCUT2D eigenvalue weighted by atomic mass is 32.2. The van der Waals surface area contributed by atoms with Crippen LogP contribution < -0.4 is 5.32 Å². The van der Waals surface area contributed by atoms with E-state index in [1.807, 2.05) is 37.3 Å². The largest absolute Gasteiger partial charge is 0.465 e. The third kappa shape index (κ3) is 3.33. The maximum absolute atomic E-state index is 9.30. The van der Waals surface area contributed by atoms with Crippen LogP contribution >= 0.6 is 11.8 Å². The van der Waals surface area contributed by atoms with E-state index < -0.39 is 0 Å². The van der Waals surface area contributed by atoms with E-state index in [2.05, 4.69) is 18.3 Å². The monoisotopic (exact) mass is 272 g/mol. The van der Waals surface area contributed by atoms with Gasteiger partial charge in [-0.3, -0.25) is 0 Å². The van der Waals surface area contributed by atoms with Crippen molar-refractivity contribution in [1.82, 2.24) is 0 Å². The van der Waals surface area contributed by atoms with Crippen molar-refractivity contribution >= 4 is 17.4 Å². The van der Waals surface area contributed by atoms with Crippen molar-refractivity contribution in [3.63, 3.8) is 0 Å². The predicted octanol–water partition coefficient (Wildman–Crippen LogP) is 4.18. The first-order chi connectivity index (χ1) is 9.24. The minimum absolute atomic E-state index is 0.586. The Balaban J connectivity index is 2.16. The van der Waals surface area contributed by atoms with Crippen LogP contribution in [0.2, 0.25) is 0 Å². The summed E-state index contributed by atoms with van der Waals surface area (Å²) in [4.78, 5) is 1.02. The molecule has 3 nitrogen and oxygen atoms in total. The van der Waals surface area contributed by atoms with Gasteiger partial charge in [0.05, 0.1) is 17.8 Å². The van der Waals surface area contributed by atoms with E-state index in [4.69, 9.17) is 4.42 Å². The van der Waals surface area contributed by atoms with Gasteiger partial charge in [0, 0.05) is 4.90 Å². The maximum atomic E-state index is 9.30. The normalized spacial score (nSPS) is 10.2. The second kappa shape index (κ2) is 6.35. The summed E-state index contributed by atoms with van der Waals surface area (Å²) in [6, 6.07) is 12.0. The summed E-state index contributed by atoms with van der Waals surface area (Å²) in [6.45, 7) is 4.59. The van der Waals surface area contributed by atoms with Crippen molar-refractivity contribution in [3.8, 4) is 6.07 Å². The molecule has 0 saturated heterocycles. The lowest BCUT2D eigenvalue weighted by molar-refractivity contribution is 0.490. The molecule has 0 atom stereocenters. The molecule has 0 bridgehead atoms. The highest BCUT2D eigenvalue weighted by Gasteiger charge is 2.08. The van der Waals surface area contributed by atoms with Gasteiger partial charge in [-0.05, 0) is 36.9 Å². The van der Waals surface area contributed by atoms with Crippen LogP contribution in [0.25, 0.3) is 0 Å². The first-order valence-electron chi connectivity index (χ1n) is 6.19. The fourth-order valence-electron chi connectivity index (χ4n) is 1.83. The molecule has 1 heterocycles. The van der Waals surface area contributed by atoms with Crippen molar-refractivity contribution in [1.29, 1.82) is 5.26 Å². The Hall–Kier alpha value is -1.86. The second-order valence-electron chi connectivity index (χ2n) is 4.09. The van der Waals surface area contributed by atoms with Crippen LogP contribution in [0.5, 0.6) is 0 Å². The topological polar surface area (TPSA) is 49.0 Å². The number of aryl methyl sites for hydroxylation is 1. The minimum Gasteiger partial charge on any atom is -0.465 e. The summed E-state index contributed by atoms with van der Waals surface area (Å²) in [6.07, 6.45) is 0. The number of benzene rings is 1. The maximum Gasteiger partial charge on any atom is 0.123 e. The lowest BCUT2D eigenvalue weighted by Gasteiger charge is -2.10. The SMILES string of the molecule is CCSc1cccc(NCc2ccc(C)o2)c1C#N. The van der Waals surface area contributed by atoms with Crippen LogP contribution in [0.3, 0.4) is 0 Å². The molecule has 0 aliphatic rings. The van der Waals surface area contributed by atoms with Crippen molar-refractivity contribution in [2.24, 2.45) is 0 Å². The number of nitrogens with zero attached hydrogens (tertiary/aromatic N) is 1. The Labute approximate surface area is 117 Å². The lowest BCUT2D eigenvalue weighted by atomic mass is 10.2. The highest BCUT2D eigenvalue weighted by Crippen LogP contribution is 2.28. The van der Waals surface area contributed by atoms with Crippen LogP contribution in [0, 0.1) is 18.3 Å². The third-order valence-corrected chi connectivity index (χ3v) is 3.63. The molecule has 2 aromatic rings. The van der Waals surface area contributed by atoms with Gasteiger partial charge >= 0.3 is 0 Å². The summed E-state index contributed by atoms with van der Waals surface area (Å²) >= 11 is 1.68. The molecular formula is C15H16N2OS. The zero-order valence-electron chi connectivity index (χ0n) is 11.1. The molecule has 0 spiro atoms. The number of nitriles is 1. The fraction of sp³-hybridized carbons (Fsp3) is 0.267. The number of rotatable bonds is 5. The van der Waals surface area contributed by atoms with Crippen molar-refractivity contribution in [2.75, 3.05) is 11.1 Å². The predicted molar refractivity (Wildman–Crippen MR) is 78.3 cm³/mol. The average molecular weight is 272 g/mol. The van der Waals surface area contributed by atoms with Crippen molar-refractivity contribution < 1.29 is 4.42 Å². The summed E-state index contributed by atoms with van der Waals surface area (Å²) < 4.78 is 5.51. The van der Waals surface area contributed by atoms with Crippen LogP contribution in [0.1, 0.15) is 24.0 Å². The molecule has 1 N–H and O–H groups in total. The van der Waals surface area contributed by atoms with Gasteiger partial charge in [0.1, 0.15) is 17.6 Å². The molecule has 0 aliphatic heterocycles. The van der Waals surface area contributed by atoms with E-state index in [9.17, 15) is 5.26 Å². The number of hydrogen-bond donors (Lipinski definition) is 1. The van der Waals surface area contributed by atoms with Gasteiger partial charge in [-0.25, -0.2) is 0 Å². The molecule has 0 aliphatic carbocycles. The van der Waals surface area contributed by atoms with Gasteiger partial charge in [-0.15, -0.1) is 11.8 Å². The fourth-order valence-corrected chi connectivity index (χ4v) is 2.62. The highest BCUT2D eigenvalue weighted by molar-refractivity contribution is 7.99. The Morgan fingerprint density at radius 3 is 2.79 bits per heavy atom. The zero-order valence-corrected chi connectivity index (χ0v) is 11.9. The zero-order chi connectivity index (χ0) is 13.7. The second-order valence-corrected chi connectivity index (χ2v) is 5.40. The van der Waals surface area contributed by atoms with Crippen molar-refractivity contribution in [3.05, 3.63) is 47.4 Å². The van der Waals surface area contributed by atoms with Gasteiger partial charge in [-0.2, -0.15) is 5.26 Å². The van der Waals surface area contributed by atoms with Crippen LogP contribution in [0.15, 0.2) is 39.6 Å². The number of furan rings is 1. The van der Waals surface area contributed by atoms with Crippen molar-refractivity contribution in [2.45, 2.75) is 25.3 Å². The van der Waals surface area contributed by atoms with Crippen LogP contribution in [0.4, 0.5) is 5.69 Å². The molecule has 0 unspecified atom stereocenters. The van der Waals surface area contributed by atoms with Gasteiger partial charge in [0.2, 0.25) is 0 Å². The minimum atomic E-state index is 0.586. The van der Waals surface area contributed by atoms with Crippen LogP contribution in [-0.4, -0.2) is 5.75 Å². The summed E-state index contributed by atoms with van der Waals surface area (Å²) in [7, 11) is 0. The molecule has 0 amide bonds. The van der Waals surface area contributed by atoms with E-state index in [0.717, 1.165) is 27.9 Å². The van der Waals surface area contributed by atoms with E-state index in [1.165, 1.54) is 0 Å². The molecule has 0 saturated carbocycles. The van der Waals surface area contributed by atoms with Gasteiger partial charge < -0.3 is 9.73 Å². The molecule has 0 fully saturated rings. The number of anilines is 1. The number of thioether (sulfide) groups is 1. The number of hydrogen-bond acceptors (Lipinski definition) is 4. The van der Waals surface area contributed by atoms with Gasteiger partial charge in [-0.1, -0.05) is 13.0 Å². The Morgan fingerprint density at radius 2 is 2.16 bits per heavy atom. The van der Waals surface area contributed by atoms with Gasteiger partial charge in [0.15, 0.2) is 0 Å². The standard InChI is InChI=1S/C15H16N2OS/c1-3-19-15-6-4-5-14(13(15)9-16)17-10-12-8-7-11(2)18-12/h4-8,17H,3,10H2,1-2H3. The first-order valence-corrected chi connectivity index (χ1v) is 7.18. The lowest BCUT2D eigenvalue weighted by Crippen LogP contribution is -2.01. The molecule has 0 radical (unpaired) electrons. The Morgan fingerprint density at radius 1 is 1.32 bits per heavy atom. The first kappa shape index (κ1) is 13.6. The van der Waals surface area contributed by atoms with E-state index in [0.29, 0.717) is 12.1 Å². The van der Waals surface area contributed by atoms with E-state index in [1.54, 1.807) is 11.8 Å². The Kier molecular flexibility index (Phi) is 4.53. The summed E-state index contributed by atoms with van der Waals surface area (Å²) in [5.74, 6) is 2.72. The molecule has 4 heteroatoms. The molecule has 2 rings (SSSR count). The molecule has 1 aromatic carbocycles.